The maximum atomic E-state index is 13.4. The van der Waals surface area contributed by atoms with Gasteiger partial charge in [0.15, 0.2) is 18.2 Å². The van der Waals surface area contributed by atoms with Gasteiger partial charge in [-0.25, -0.2) is 4.39 Å². The lowest BCUT2D eigenvalue weighted by molar-refractivity contribution is -0.134. The SMILES string of the molecule is CCNCC1CCN(C(=O)COc2ccccc2F)CC1.Cl. The topological polar surface area (TPSA) is 41.6 Å². The zero-order chi connectivity index (χ0) is 15.1. The van der Waals surface area contributed by atoms with Crippen LogP contribution in [0.2, 0.25) is 0 Å². The molecule has 124 valence electrons. The summed E-state index contributed by atoms with van der Waals surface area (Å²) in [5, 5.41) is 3.35. The number of amides is 1. The Morgan fingerprint density at radius 1 is 1.36 bits per heavy atom. The minimum Gasteiger partial charge on any atom is -0.481 e. The number of hydrogen-bond acceptors (Lipinski definition) is 3. The van der Waals surface area contributed by atoms with Gasteiger partial charge in [-0.05, 0) is 44.0 Å². The Hall–Kier alpha value is -1.33. The first-order valence-electron chi connectivity index (χ1n) is 7.56. The third-order valence-corrected chi connectivity index (χ3v) is 3.84. The molecule has 1 heterocycles. The van der Waals surface area contributed by atoms with Crippen LogP contribution in [-0.2, 0) is 4.79 Å². The molecule has 0 spiro atoms. The predicted molar refractivity (Wildman–Crippen MR) is 87.0 cm³/mol. The lowest BCUT2D eigenvalue weighted by Crippen LogP contribution is -2.42. The van der Waals surface area contributed by atoms with Crippen LogP contribution in [0.4, 0.5) is 4.39 Å². The third-order valence-electron chi connectivity index (χ3n) is 3.84. The highest BCUT2D eigenvalue weighted by Crippen LogP contribution is 2.18. The van der Waals surface area contributed by atoms with Crippen molar-refractivity contribution in [2.45, 2.75) is 19.8 Å². The molecule has 0 aromatic heterocycles. The average molecular weight is 331 g/mol. The van der Waals surface area contributed by atoms with Crippen LogP contribution in [0.3, 0.4) is 0 Å². The van der Waals surface area contributed by atoms with E-state index in [-0.39, 0.29) is 30.7 Å². The monoisotopic (exact) mass is 330 g/mol. The summed E-state index contributed by atoms with van der Waals surface area (Å²) >= 11 is 0. The second-order valence-corrected chi connectivity index (χ2v) is 5.35. The van der Waals surface area contributed by atoms with Crippen molar-refractivity contribution in [3.8, 4) is 5.75 Å². The molecule has 1 fully saturated rings. The summed E-state index contributed by atoms with van der Waals surface area (Å²) in [6, 6.07) is 6.14. The molecule has 6 heteroatoms. The largest absolute Gasteiger partial charge is 0.481 e. The Morgan fingerprint density at radius 3 is 2.68 bits per heavy atom. The number of ether oxygens (including phenoxy) is 1. The Kier molecular flexibility index (Phi) is 8.20. The predicted octanol–water partition coefficient (Wildman–Crippen LogP) is 2.47. The fraction of sp³-hybridized carbons (Fsp3) is 0.562. The smallest absolute Gasteiger partial charge is 0.260 e. The number of nitrogens with zero attached hydrogens (tertiary/aromatic N) is 1. The van der Waals surface area contributed by atoms with Gasteiger partial charge < -0.3 is 15.0 Å². The van der Waals surface area contributed by atoms with Gasteiger partial charge in [-0.2, -0.15) is 0 Å². The van der Waals surface area contributed by atoms with Crippen LogP contribution in [0.5, 0.6) is 5.75 Å². The molecule has 0 atom stereocenters. The number of benzene rings is 1. The van der Waals surface area contributed by atoms with Gasteiger partial charge in [-0.1, -0.05) is 19.1 Å². The highest BCUT2D eigenvalue weighted by molar-refractivity contribution is 5.85. The molecule has 1 aromatic rings. The molecule has 1 saturated heterocycles. The van der Waals surface area contributed by atoms with Gasteiger partial charge >= 0.3 is 0 Å². The van der Waals surface area contributed by atoms with E-state index in [1.807, 2.05) is 4.90 Å². The number of hydrogen-bond donors (Lipinski definition) is 1. The first-order valence-corrected chi connectivity index (χ1v) is 7.56. The van der Waals surface area contributed by atoms with Gasteiger partial charge in [0, 0.05) is 13.1 Å². The van der Waals surface area contributed by atoms with Crippen molar-refractivity contribution in [1.29, 1.82) is 0 Å². The van der Waals surface area contributed by atoms with E-state index in [2.05, 4.69) is 12.2 Å². The molecule has 0 bridgehead atoms. The molecule has 1 amide bonds. The van der Waals surface area contributed by atoms with E-state index in [1.165, 1.54) is 12.1 Å². The van der Waals surface area contributed by atoms with Gasteiger partial charge in [0.05, 0.1) is 0 Å². The molecular weight excluding hydrogens is 307 g/mol. The number of para-hydroxylation sites is 1. The van der Waals surface area contributed by atoms with E-state index in [0.717, 1.165) is 39.0 Å². The van der Waals surface area contributed by atoms with E-state index in [1.54, 1.807) is 12.1 Å². The number of nitrogens with one attached hydrogen (secondary N) is 1. The Balaban J connectivity index is 0.00000242. The molecule has 1 aliphatic rings. The van der Waals surface area contributed by atoms with Gasteiger partial charge in [0.25, 0.3) is 5.91 Å². The summed E-state index contributed by atoms with van der Waals surface area (Å²) < 4.78 is 18.7. The molecular formula is C16H24ClFN2O2. The number of likely N-dealkylation sites (tertiary alicyclic amines) is 1. The fourth-order valence-corrected chi connectivity index (χ4v) is 2.53. The van der Waals surface area contributed by atoms with Crippen LogP contribution in [-0.4, -0.2) is 43.6 Å². The minimum atomic E-state index is -0.436. The lowest BCUT2D eigenvalue weighted by atomic mass is 9.97. The van der Waals surface area contributed by atoms with Crippen molar-refractivity contribution in [2.24, 2.45) is 5.92 Å². The average Bonchev–Trinajstić information content (AvgIpc) is 2.52. The van der Waals surface area contributed by atoms with Crippen molar-refractivity contribution in [2.75, 3.05) is 32.8 Å². The molecule has 1 aromatic carbocycles. The lowest BCUT2D eigenvalue weighted by Gasteiger charge is -2.32. The van der Waals surface area contributed by atoms with Gasteiger partial charge in [-0.3, -0.25) is 4.79 Å². The molecule has 1 aliphatic heterocycles. The van der Waals surface area contributed by atoms with E-state index in [9.17, 15) is 9.18 Å². The molecule has 0 aliphatic carbocycles. The second-order valence-electron chi connectivity index (χ2n) is 5.35. The van der Waals surface area contributed by atoms with Gasteiger partial charge in [0.1, 0.15) is 0 Å². The van der Waals surface area contributed by atoms with Crippen LogP contribution >= 0.6 is 12.4 Å². The van der Waals surface area contributed by atoms with E-state index < -0.39 is 5.82 Å². The quantitative estimate of drug-likeness (QED) is 0.871. The standard InChI is InChI=1S/C16H23FN2O2.ClH/c1-2-18-11-13-7-9-19(10-8-13)16(20)12-21-15-6-4-3-5-14(15)17;/h3-6,13,18H,2,7-12H2,1H3;1H. The van der Waals surface area contributed by atoms with Crippen molar-refractivity contribution >= 4 is 18.3 Å². The van der Waals surface area contributed by atoms with Crippen LogP contribution < -0.4 is 10.1 Å². The molecule has 2 rings (SSSR count). The summed E-state index contributed by atoms with van der Waals surface area (Å²) in [5.74, 6) is 0.268. The molecule has 0 saturated carbocycles. The van der Waals surface area contributed by atoms with Crippen LogP contribution in [0, 0.1) is 11.7 Å². The number of rotatable bonds is 6. The fourth-order valence-electron chi connectivity index (χ4n) is 2.53. The summed E-state index contributed by atoms with van der Waals surface area (Å²) in [4.78, 5) is 13.9. The normalized spacial score (nSPS) is 15.3. The van der Waals surface area contributed by atoms with Crippen LogP contribution in [0.25, 0.3) is 0 Å². The number of halogens is 2. The number of carbonyl (C=O) groups is 1. The van der Waals surface area contributed by atoms with Gasteiger partial charge in [-0.15, -0.1) is 12.4 Å². The van der Waals surface area contributed by atoms with E-state index in [4.69, 9.17) is 4.74 Å². The summed E-state index contributed by atoms with van der Waals surface area (Å²) in [6.45, 7) is 5.52. The molecule has 0 unspecified atom stereocenters. The third kappa shape index (κ3) is 5.46. The Labute approximate surface area is 137 Å². The maximum Gasteiger partial charge on any atom is 0.260 e. The molecule has 4 nitrogen and oxygen atoms in total. The first-order chi connectivity index (χ1) is 10.2. The zero-order valence-electron chi connectivity index (χ0n) is 12.9. The van der Waals surface area contributed by atoms with Gasteiger partial charge in [0.2, 0.25) is 0 Å². The van der Waals surface area contributed by atoms with Crippen LogP contribution in [0.1, 0.15) is 19.8 Å². The highest BCUT2D eigenvalue weighted by atomic mass is 35.5. The zero-order valence-corrected chi connectivity index (χ0v) is 13.7. The first kappa shape index (κ1) is 18.7. The molecule has 0 radical (unpaired) electrons. The van der Waals surface area contributed by atoms with Crippen LogP contribution in [0.15, 0.2) is 24.3 Å². The summed E-state index contributed by atoms with van der Waals surface area (Å²) in [6.07, 6.45) is 2.02. The van der Waals surface area contributed by atoms with E-state index in [0.29, 0.717) is 5.92 Å². The maximum absolute atomic E-state index is 13.4. The van der Waals surface area contributed by atoms with Crippen molar-refractivity contribution in [1.82, 2.24) is 10.2 Å². The molecule has 1 N–H and O–H groups in total. The Bertz CT molecular complexity index is 465. The van der Waals surface area contributed by atoms with Crippen molar-refractivity contribution < 1.29 is 13.9 Å². The number of carbonyl (C=O) groups excluding carboxylic acids is 1. The second kappa shape index (κ2) is 9.64. The van der Waals surface area contributed by atoms with Crippen molar-refractivity contribution in [3.05, 3.63) is 30.1 Å². The summed E-state index contributed by atoms with van der Waals surface area (Å²) in [7, 11) is 0. The Morgan fingerprint density at radius 2 is 2.05 bits per heavy atom. The minimum absolute atomic E-state index is 0. The highest BCUT2D eigenvalue weighted by Gasteiger charge is 2.22. The van der Waals surface area contributed by atoms with E-state index >= 15 is 0 Å². The number of piperidine rings is 1. The summed E-state index contributed by atoms with van der Waals surface area (Å²) in [5.41, 5.74) is 0. The molecule has 22 heavy (non-hydrogen) atoms. The van der Waals surface area contributed by atoms with Crippen molar-refractivity contribution in [3.63, 3.8) is 0 Å².